The van der Waals surface area contributed by atoms with Crippen LogP contribution in [-0.2, 0) is 11.3 Å². The summed E-state index contributed by atoms with van der Waals surface area (Å²) in [5, 5.41) is 3.16. The van der Waals surface area contributed by atoms with Gasteiger partial charge in [-0.2, -0.15) is 0 Å². The number of rotatable bonds is 6. The van der Waals surface area contributed by atoms with Crippen molar-refractivity contribution < 1.29 is 4.79 Å². The van der Waals surface area contributed by atoms with E-state index in [9.17, 15) is 4.79 Å². The number of carbonyl (C=O) groups excluding carboxylic acids is 1. The zero-order chi connectivity index (χ0) is 15.4. The van der Waals surface area contributed by atoms with Gasteiger partial charge in [-0.05, 0) is 31.2 Å². The van der Waals surface area contributed by atoms with Crippen LogP contribution in [-0.4, -0.2) is 35.5 Å². The van der Waals surface area contributed by atoms with Crippen molar-refractivity contribution in [1.82, 2.24) is 10.2 Å². The Balaban J connectivity index is 1.72. The third-order valence-electron chi connectivity index (χ3n) is 4.91. The van der Waals surface area contributed by atoms with Crippen molar-refractivity contribution >= 4 is 5.91 Å². The predicted octanol–water partition coefficient (Wildman–Crippen LogP) is 2.04. The van der Waals surface area contributed by atoms with Crippen LogP contribution < -0.4 is 11.1 Å². The van der Waals surface area contributed by atoms with Gasteiger partial charge < -0.3 is 11.1 Å². The summed E-state index contributed by atoms with van der Waals surface area (Å²) in [5.74, 6) is -0.0210. The van der Waals surface area contributed by atoms with Crippen LogP contribution in [0.5, 0.6) is 0 Å². The topological polar surface area (TPSA) is 58.4 Å². The molecule has 1 aromatic carbocycles. The zero-order valence-electron chi connectivity index (χ0n) is 13.2. The first-order valence-corrected chi connectivity index (χ1v) is 8.57. The van der Waals surface area contributed by atoms with E-state index >= 15 is 0 Å². The average Bonchev–Trinajstić information content (AvgIpc) is 3.39. The minimum Gasteiger partial charge on any atom is -0.351 e. The molecular weight excluding hydrogens is 274 g/mol. The van der Waals surface area contributed by atoms with Crippen LogP contribution in [0.2, 0.25) is 0 Å². The zero-order valence-corrected chi connectivity index (χ0v) is 13.2. The second kappa shape index (κ2) is 7.25. The van der Waals surface area contributed by atoms with Crippen LogP contribution in [0.1, 0.15) is 44.1 Å². The fourth-order valence-electron chi connectivity index (χ4n) is 3.66. The molecule has 0 unspecified atom stereocenters. The molecule has 4 nitrogen and oxygen atoms in total. The van der Waals surface area contributed by atoms with Crippen LogP contribution in [0.25, 0.3) is 0 Å². The largest absolute Gasteiger partial charge is 0.351 e. The van der Waals surface area contributed by atoms with Gasteiger partial charge in [0.15, 0.2) is 0 Å². The molecule has 0 radical (unpaired) electrons. The molecule has 2 aliphatic rings. The minimum atomic E-state index is -0.0210. The van der Waals surface area contributed by atoms with Gasteiger partial charge in [0, 0.05) is 24.7 Å². The number of carbonyl (C=O) groups is 1. The first-order valence-electron chi connectivity index (χ1n) is 8.57. The van der Waals surface area contributed by atoms with Crippen LogP contribution in [0.15, 0.2) is 30.3 Å². The number of nitrogens with two attached hydrogens (primary N) is 1. The molecule has 3 N–H and O–H groups in total. The lowest BCUT2D eigenvalue weighted by Crippen LogP contribution is -2.54. The lowest BCUT2D eigenvalue weighted by molar-refractivity contribution is -0.121. The summed E-state index contributed by atoms with van der Waals surface area (Å²) < 4.78 is 0. The van der Waals surface area contributed by atoms with E-state index in [1.165, 1.54) is 37.7 Å². The van der Waals surface area contributed by atoms with Crippen molar-refractivity contribution in [3.05, 3.63) is 35.9 Å². The molecule has 2 saturated carbocycles. The van der Waals surface area contributed by atoms with Gasteiger partial charge in [0.2, 0.25) is 5.91 Å². The van der Waals surface area contributed by atoms with Crippen molar-refractivity contribution in [1.29, 1.82) is 0 Å². The predicted molar refractivity (Wildman–Crippen MR) is 88.2 cm³/mol. The van der Waals surface area contributed by atoms with E-state index in [-0.39, 0.29) is 18.5 Å². The number of nitrogens with one attached hydrogen (secondary N) is 1. The Morgan fingerprint density at radius 1 is 1.14 bits per heavy atom. The van der Waals surface area contributed by atoms with Gasteiger partial charge in [0.05, 0.1) is 6.54 Å². The molecule has 0 bridgehead atoms. The van der Waals surface area contributed by atoms with Crippen molar-refractivity contribution in [2.75, 3.05) is 6.54 Å². The molecule has 2 aliphatic carbocycles. The molecule has 2 atom stereocenters. The van der Waals surface area contributed by atoms with Crippen LogP contribution in [0.3, 0.4) is 0 Å². The van der Waals surface area contributed by atoms with E-state index in [0.717, 1.165) is 13.0 Å². The molecule has 1 amide bonds. The minimum absolute atomic E-state index is 0.0210. The Labute approximate surface area is 133 Å². The highest BCUT2D eigenvalue weighted by Crippen LogP contribution is 2.35. The summed E-state index contributed by atoms with van der Waals surface area (Å²) in [7, 11) is 0. The maximum atomic E-state index is 11.7. The highest BCUT2D eigenvalue weighted by atomic mass is 16.1. The van der Waals surface area contributed by atoms with E-state index in [1.807, 2.05) is 0 Å². The number of hydrogen-bond acceptors (Lipinski definition) is 3. The van der Waals surface area contributed by atoms with Gasteiger partial charge >= 0.3 is 0 Å². The molecule has 0 heterocycles. The highest BCUT2D eigenvalue weighted by molar-refractivity contribution is 5.78. The Morgan fingerprint density at radius 2 is 1.86 bits per heavy atom. The number of nitrogens with zero attached hydrogens (tertiary/aromatic N) is 1. The lowest BCUT2D eigenvalue weighted by atomic mass is 9.88. The molecular formula is C18H27N3O. The molecule has 0 saturated heterocycles. The summed E-state index contributed by atoms with van der Waals surface area (Å²) in [6, 6.07) is 12.1. The fourth-order valence-corrected chi connectivity index (χ4v) is 3.66. The molecule has 0 aromatic heterocycles. The van der Waals surface area contributed by atoms with Gasteiger partial charge in [-0.25, -0.2) is 0 Å². The van der Waals surface area contributed by atoms with Crippen LogP contribution in [0, 0.1) is 0 Å². The van der Waals surface area contributed by atoms with Crippen molar-refractivity contribution in [2.45, 2.75) is 63.2 Å². The van der Waals surface area contributed by atoms with Crippen LogP contribution >= 0.6 is 0 Å². The van der Waals surface area contributed by atoms with Gasteiger partial charge in [-0.1, -0.05) is 43.2 Å². The first-order chi connectivity index (χ1) is 10.8. The van der Waals surface area contributed by atoms with Gasteiger partial charge in [-0.15, -0.1) is 0 Å². The lowest BCUT2D eigenvalue weighted by Gasteiger charge is -2.40. The van der Waals surface area contributed by atoms with Gasteiger partial charge in [0.1, 0.15) is 0 Å². The van der Waals surface area contributed by atoms with E-state index in [2.05, 4.69) is 40.5 Å². The Kier molecular flexibility index (Phi) is 5.11. The third kappa shape index (κ3) is 3.87. The average molecular weight is 301 g/mol. The molecule has 2 fully saturated rings. The standard InChI is InChI=1S/C18H27N3O/c19-12-18(22)20-16-8-4-5-9-17(16)21(15-10-11-15)13-14-6-2-1-3-7-14/h1-3,6-7,15-17H,4-5,8-13,19H2,(H,20,22)/t16-,17+/m1/s1. The third-order valence-corrected chi connectivity index (χ3v) is 4.91. The van der Waals surface area contributed by atoms with Crippen molar-refractivity contribution in [3.63, 3.8) is 0 Å². The summed E-state index contributed by atoms with van der Waals surface area (Å²) in [5.41, 5.74) is 6.85. The van der Waals surface area contributed by atoms with Crippen molar-refractivity contribution in [2.24, 2.45) is 5.73 Å². The molecule has 120 valence electrons. The molecule has 22 heavy (non-hydrogen) atoms. The van der Waals surface area contributed by atoms with Gasteiger partial charge in [0.25, 0.3) is 0 Å². The normalized spacial score (nSPS) is 25.2. The molecule has 4 heteroatoms. The number of hydrogen-bond donors (Lipinski definition) is 2. The summed E-state index contributed by atoms with van der Waals surface area (Å²) >= 11 is 0. The monoisotopic (exact) mass is 301 g/mol. The molecule has 3 rings (SSSR count). The smallest absolute Gasteiger partial charge is 0.234 e. The van der Waals surface area contributed by atoms with E-state index < -0.39 is 0 Å². The second-order valence-corrected chi connectivity index (χ2v) is 6.62. The van der Waals surface area contributed by atoms with E-state index in [0.29, 0.717) is 12.1 Å². The molecule has 0 aliphatic heterocycles. The fraction of sp³-hybridized carbons (Fsp3) is 0.611. The van der Waals surface area contributed by atoms with Crippen molar-refractivity contribution in [3.8, 4) is 0 Å². The van der Waals surface area contributed by atoms with Crippen LogP contribution in [0.4, 0.5) is 0 Å². The molecule has 1 aromatic rings. The summed E-state index contributed by atoms with van der Waals surface area (Å²) in [6.45, 7) is 1.08. The summed E-state index contributed by atoms with van der Waals surface area (Å²) in [6.07, 6.45) is 7.31. The first kappa shape index (κ1) is 15.5. The summed E-state index contributed by atoms with van der Waals surface area (Å²) in [4.78, 5) is 14.4. The number of amides is 1. The Hall–Kier alpha value is -1.39. The highest BCUT2D eigenvalue weighted by Gasteiger charge is 2.38. The number of benzene rings is 1. The quantitative estimate of drug-likeness (QED) is 0.845. The molecule has 0 spiro atoms. The van der Waals surface area contributed by atoms with Gasteiger partial charge in [-0.3, -0.25) is 9.69 Å². The maximum absolute atomic E-state index is 11.7. The second-order valence-electron chi connectivity index (χ2n) is 6.62. The Morgan fingerprint density at radius 3 is 2.55 bits per heavy atom. The van der Waals surface area contributed by atoms with E-state index in [4.69, 9.17) is 5.73 Å². The van der Waals surface area contributed by atoms with E-state index in [1.54, 1.807) is 0 Å². The SMILES string of the molecule is NCC(=O)N[C@@H]1CCCC[C@@H]1N(Cc1ccccc1)C1CC1. The maximum Gasteiger partial charge on any atom is 0.234 e. The Bertz CT molecular complexity index is 486.